The first kappa shape index (κ1) is 15.7. The molecule has 1 aromatic carbocycles. The number of methoxy groups -OCH3 is 1. The summed E-state index contributed by atoms with van der Waals surface area (Å²) in [5, 5.41) is 4.06. The standard InChI is InChI=1S/C19H21N3O3/c1-12-14-10-13(24-2)6-7-17(14)25-18(12)19(23)21-15-4-3-5-16(15)22-9-8-20-11-22/h6-11,15-16H,3-5H2,1-2H3,(H,21,23)/t15-,16-/m0/s1. The molecule has 130 valence electrons. The highest BCUT2D eigenvalue weighted by molar-refractivity contribution is 5.99. The predicted molar refractivity (Wildman–Crippen MR) is 93.9 cm³/mol. The lowest BCUT2D eigenvalue weighted by Crippen LogP contribution is -2.38. The Bertz CT molecular complexity index is 898. The highest BCUT2D eigenvalue weighted by Crippen LogP contribution is 2.32. The van der Waals surface area contributed by atoms with Gasteiger partial charge < -0.3 is 19.0 Å². The second-order valence-electron chi connectivity index (χ2n) is 6.51. The van der Waals surface area contributed by atoms with Crippen LogP contribution < -0.4 is 10.1 Å². The summed E-state index contributed by atoms with van der Waals surface area (Å²) in [5.74, 6) is 0.962. The van der Waals surface area contributed by atoms with Crippen molar-refractivity contribution in [2.75, 3.05) is 7.11 Å². The van der Waals surface area contributed by atoms with E-state index >= 15 is 0 Å². The summed E-state index contributed by atoms with van der Waals surface area (Å²) in [4.78, 5) is 16.9. The summed E-state index contributed by atoms with van der Waals surface area (Å²) < 4.78 is 13.1. The van der Waals surface area contributed by atoms with E-state index in [4.69, 9.17) is 9.15 Å². The molecule has 1 saturated carbocycles. The van der Waals surface area contributed by atoms with Crippen LogP contribution in [0.4, 0.5) is 0 Å². The Balaban J connectivity index is 1.59. The molecule has 25 heavy (non-hydrogen) atoms. The number of nitrogens with zero attached hydrogens (tertiary/aromatic N) is 2. The van der Waals surface area contributed by atoms with Crippen LogP contribution in [0.15, 0.2) is 41.3 Å². The number of hydrogen-bond donors (Lipinski definition) is 1. The Morgan fingerprint density at radius 3 is 3.04 bits per heavy atom. The van der Waals surface area contributed by atoms with E-state index in [9.17, 15) is 4.79 Å². The van der Waals surface area contributed by atoms with Crippen LogP contribution in [0.1, 0.15) is 41.4 Å². The zero-order valence-corrected chi connectivity index (χ0v) is 14.4. The smallest absolute Gasteiger partial charge is 0.287 e. The molecule has 3 aromatic rings. The Morgan fingerprint density at radius 2 is 2.28 bits per heavy atom. The van der Waals surface area contributed by atoms with Crippen LogP contribution in [-0.2, 0) is 0 Å². The molecule has 2 heterocycles. The molecular weight excluding hydrogens is 318 g/mol. The number of imidazole rings is 1. The quantitative estimate of drug-likeness (QED) is 0.790. The Labute approximate surface area is 145 Å². The molecule has 6 nitrogen and oxygen atoms in total. The second kappa shape index (κ2) is 6.27. The van der Waals surface area contributed by atoms with Crippen LogP contribution in [0.25, 0.3) is 11.0 Å². The minimum absolute atomic E-state index is 0.0869. The minimum Gasteiger partial charge on any atom is -0.497 e. The topological polar surface area (TPSA) is 69.3 Å². The van der Waals surface area contributed by atoms with Crippen molar-refractivity contribution in [3.8, 4) is 5.75 Å². The lowest BCUT2D eigenvalue weighted by Gasteiger charge is -2.21. The maximum Gasteiger partial charge on any atom is 0.287 e. The minimum atomic E-state index is -0.162. The van der Waals surface area contributed by atoms with E-state index in [1.54, 1.807) is 13.3 Å². The van der Waals surface area contributed by atoms with Crippen molar-refractivity contribution in [2.45, 2.75) is 38.3 Å². The molecule has 0 aliphatic heterocycles. The molecule has 2 atom stereocenters. The third kappa shape index (κ3) is 2.77. The number of carbonyl (C=O) groups excluding carboxylic acids is 1. The summed E-state index contributed by atoms with van der Waals surface area (Å²) in [7, 11) is 1.63. The van der Waals surface area contributed by atoms with Crippen molar-refractivity contribution in [3.05, 3.63) is 48.2 Å². The van der Waals surface area contributed by atoms with Crippen LogP contribution in [0.3, 0.4) is 0 Å². The van der Waals surface area contributed by atoms with Crippen LogP contribution in [0.2, 0.25) is 0 Å². The van der Waals surface area contributed by atoms with Gasteiger partial charge in [0.25, 0.3) is 5.91 Å². The van der Waals surface area contributed by atoms with Crippen molar-refractivity contribution in [1.29, 1.82) is 0 Å². The second-order valence-corrected chi connectivity index (χ2v) is 6.51. The molecule has 2 aromatic heterocycles. The molecule has 1 fully saturated rings. The van der Waals surface area contributed by atoms with Crippen molar-refractivity contribution >= 4 is 16.9 Å². The molecule has 0 unspecified atom stereocenters. The van der Waals surface area contributed by atoms with E-state index in [0.717, 1.165) is 36.0 Å². The summed E-state index contributed by atoms with van der Waals surface area (Å²) in [5.41, 5.74) is 1.53. The molecule has 1 N–H and O–H groups in total. The number of amides is 1. The van der Waals surface area contributed by atoms with Gasteiger partial charge in [0.05, 0.1) is 25.5 Å². The van der Waals surface area contributed by atoms with Crippen molar-refractivity contribution < 1.29 is 13.9 Å². The normalized spacial score (nSPS) is 20.1. The Morgan fingerprint density at radius 1 is 1.40 bits per heavy atom. The first-order chi connectivity index (χ1) is 12.2. The molecule has 4 rings (SSSR count). The molecule has 6 heteroatoms. The monoisotopic (exact) mass is 339 g/mol. The van der Waals surface area contributed by atoms with Gasteiger partial charge in [-0.2, -0.15) is 0 Å². The fourth-order valence-corrected chi connectivity index (χ4v) is 3.71. The number of ether oxygens (including phenoxy) is 1. The molecule has 0 radical (unpaired) electrons. The molecule has 1 amide bonds. The maximum atomic E-state index is 12.8. The third-order valence-electron chi connectivity index (χ3n) is 5.05. The number of aromatic nitrogens is 2. The number of hydrogen-bond acceptors (Lipinski definition) is 4. The van der Waals surface area contributed by atoms with Gasteiger partial charge in [0.15, 0.2) is 5.76 Å². The SMILES string of the molecule is COc1ccc2oc(C(=O)N[C@H]3CCC[C@@H]3n3ccnc3)c(C)c2c1. The van der Waals surface area contributed by atoms with Gasteiger partial charge in [0.2, 0.25) is 0 Å². The average molecular weight is 339 g/mol. The first-order valence-corrected chi connectivity index (χ1v) is 8.53. The Kier molecular flexibility index (Phi) is 3.95. The zero-order chi connectivity index (χ0) is 17.4. The number of carbonyl (C=O) groups is 1. The van der Waals surface area contributed by atoms with Gasteiger partial charge in [-0.15, -0.1) is 0 Å². The zero-order valence-electron chi connectivity index (χ0n) is 14.4. The van der Waals surface area contributed by atoms with Crippen LogP contribution in [0.5, 0.6) is 5.75 Å². The summed E-state index contributed by atoms with van der Waals surface area (Å²) in [6.45, 7) is 1.90. The highest BCUT2D eigenvalue weighted by atomic mass is 16.5. The van der Waals surface area contributed by atoms with E-state index in [0.29, 0.717) is 11.3 Å². The van der Waals surface area contributed by atoms with Crippen LogP contribution in [-0.4, -0.2) is 28.6 Å². The molecule has 1 aliphatic rings. The number of nitrogens with one attached hydrogen (secondary N) is 1. The average Bonchev–Trinajstić information content (AvgIpc) is 3.35. The summed E-state index contributed by atoms with van der Waals surface area (Å²) >= 11 is 0. The summed E-state index contributed by atoms with van der Waals surface area (Å²) in [6, 6.07) is 5.90. The van der Waals surface area contributed by atoms with E-state index in [1.165, 1.54) is 0 Å². The number of aryl methyl sites for hydroxylation is 1. The van der Waals surface area contributed by atoms with E-state index in [-0.39, 0.29) is 18.0 Å². The van der Waals surface area contributed by atoms with Crippen LogP contribution in [0, 0.1) is 6.92 Å². The van der Waals surface area contributed by atoms with Gasteiger partial charge in [-0.3, -0.25) is 4.79 Å². The highest BCUT2D eigenvalue weighted by Gasteiger charge is 2.31. The van der Waals surface area contributed by atoms with E-state index in [1.807, 2.05) is 37.6 Å². The van der Waals surface area contributed by atoms with Crippen molar-refractivity contribution in [1.82, 2.24) is 14.9 Å². The fraction of sp³-hybridized carbons (Fsp3) is 0.368. The third-order valence-corrected chi connectivity index (χ3v) is 5.05. The van der Waals surface area contributed by atoms with Crippen LogP contribution >= 0.6 is 0 Å². The van der Waals surface area contributed by atoms with Gasteiger partial charge in [0.1, 0.15) is 11.3 Å². The maximum absolute atomic E-state index is 12.8. The lowest BCUT2D eigenvalue weighted by molar-refractivity contribution is 0.0902. The molecular formula is C19H21N3O3. The number of rotatable bonds is 4. The van der Waals surface area contributed by atoms with Gasteiger partial charge in [-0.1, -0.05) is 0 Å². The fourth-order valence-electron chi connectivity index (χ4n) is 3.71. The molecule has 1 aliphatic carbocycles. The number of benzene rings is 1. The first-order valence-electron chi connectivity index (χ1n) is 8.53. The summed E-state index contributed by atoms with van der Waals surface area (Å²) in [6.07, 6.45) is 8.62. The van der Waals surface area contributed by atoms with E-state index < -0.39 is 0 Å². The molecule has 0 spiro atoms. The van der Waals surface area contributed by atoms with Gasteiger partial charge >= 0.3 is 0 Å². The van der Waals surface area contributed by atoms with Crippen molar-refractivity contribution in [3.63, 3.8) is 0 Å². The van der Waals surface area contributed by atoms with Gasteiger partial charge in [0, 0.05) is 23.3 Å². The van der Waals surface area contributed by atoms with Crippen molar-refractivity contribution in [2.24, 2.45) is 0 Å². The van der Waals surface area contributed by atoms with Gasteiger partial charge in [-0.05, 0) is 44.4 Å². The number of fused-ring (bicyclic) bond motifs is 1. The molecule has 0 bridgehead atoms. The number of furan rings is 1. The largest absolute Gasteiger partial charge is 0.497 e. The Hall–Kier alpha value is -2.76. The van der Waals surface area contributed by atoms with E-state index in [2.05, 4.69) is 14.9 Å². The van der Waals surface area contributed by atoms with Gasteiger partial charge in [-0.25, -0.2) is 4.98 Å². The lowest BCUT2D eigenvalue weighted by atomic mass is 10.1. The predicted octanol–water partition coefficient (Wildman–Crippen LogP) is 3.47. The molecule has 0 saturated heterocycles.